The monoisotopic (exact) mass is 449 g/mol. The quantitative estimate of drug-likeness (QED) is 0.430. The van der Waals surface area contributed by atoms with Crippen molar-refractivity contribution in [2.24, 2.45) is 11.0 Å². The highest BCUT2D eigenvalue weighted by Crippen LogP contribution is 2.22. The second kappa shape index (κ2) is 11.6. The zero-order valence-electron chi connectivity index (χ0n) is 17.1. The van der Waals surface area contributed by atoms with Crippen molar-refractivity contribution >= 4 is 41.2 Å². The van der Waals surface area contributed by atoms with Crippen LogP contribution >= 0.6 is 23.2 Å². The Hall–Kier alpha value is -2.57. The summed E-state index contributed by atoms with van der Waals surface area (Å²) in [7, 11) is 0. The lowest BCUT2D eigenvalue weighted by atomic mass is 10.0. The van der Waals surface area contributed by atoms with E-state index in [0.29, 0.717) is 17.2 Å². The summed E-state index contributed by atoms with van der Waals surface area (Å²) in [4.78, 5) is 25.1. The van der Waals surface area contributed by atoms with E-state index in [0.717, 1.165) is 17.7 Å². The lowest BCUT2D eigenvalue weighted by Gasteiger charge is -2.20. The van der Waals surface area contributed by atoms with E-state index in [-0.39, 0.29) is 10.9 Å². The van der Waals surface area contributed by atoms with Gasteiger partial charge in [-0.1, -0.05) is 56.1 Å². The summed E-state index contributed by atoms with van der Waals surface area (Å²) in [6.45, 7) is 6.33. The molecule has 30 heavy (non-hydrogen) atoms. The molecule has 0 bridgehead atoms. The third kappa shape index (κ3) is 7.04. The van der Waals surface area contributed by atoms with Crippen molar-refractivity contribution in [3.8, 4) is 5.75 Å². The minimum Gasteiger partial charge on any atom is -0.494 e. The van der Waals surface area contributed by atoms with Crippen LogP contribution in [0.3, 0.4) is 0 Å². The van der Waals surface area contributed by atoms with Crippen LogP contribution in [0.1, 0.15) is 43.1 Å². The van der Waals surface area contributed by atoms with Gasteiger partial charge >= 0.3 is 0 Å². The summed E-state index contributed by atoms with van der Waals surface area (Å²) in [5.41, 5.74) is 3.58. The van der Waals surface area contributed by atoms with Gasteiger partial charge in [-0.05, 0) is 48.2 Å². The number of carbonyl (C=O) groups excluding carboxylic acids is 2. The summed E-state index contributed by atoms with van der Waals surface area (Å²) in [5.74, 6) is -0.265. The molecule has 2 N–H and O–H groups in total. The molecule has 1 unspecified atom stereocenters. The van der Waals surface area contributed by atoms with Crippen LogP contribution in [0, 0.1) is 5.92 Å². The Morgan fingerprint density at radius 3 is 2.57 bits per heavy atom. The average Bonchev–Trinajstić information content (AvgIpc) is 2.72. The molecule has 2 amide bonds. The molecule has 6 nitrogen and oxygen atoms in total. The lowest BCUT2D eigenvalue weighted by molar-refractivity contribution is -0.123. The van der Waals surface area contributed by atoms with Crippen LogP contribution in [0.25, 0.3) is 0 Å². The number of benzene rings is 2. The fraction of sp³-hybridized carbons (Fsp3) is 0.318. The topological polar surface area (TPSA) is 79.8 Å². The van der Waals surface area contributed by atoms with Crippen LogP contribution in [0.4, 0.5) is 0 Å². The molecule has 2 rings (SSSR count). The van der Waals surface area contributed by atoms with Gasteiger partial charge in [-0.15, -0.1) is 0 Å². The molecule has 8 heteroatoms. The minimum atomic E-state index is -0.775. The third-order valence-corrected chi connectivity index (χ3v) is 4.88. The molecule has 160 valence electrons. The molecular formula is C22H25Cl2N3O3. The number of hydrazone groups is 1. The molecule has 2 aromatic rings. The summed E-state index contributed by atoms with van der Waals surface area (Å²) in [6.07, 6.45) is 2.44. The third-order valence-electron chi connectivity index (χ3n) is 4.14. The lowest BCUT2D eigenvalue weighted by Crippen LogP contribution is -2.48. The number of ether oxygens (including phenoxy) is 1. The first-order chi connectivity index (χ1) is 14.3. The van der Waals surface area contributed by atoms with E-state index in [1.54, 1.807) is 6.07 Å². The fourth-order valence-electron chi connectivity index (χ4n) is 2.54. The summed E-state index contributed by atoms with van der Waals surface area (Å²) in [5, 5.41) is 7.34. The number of hydrogen-bond donors (Lipinski definition) is 2. The zero-order valence-corrected chi connectivity index (χ0v) is 18.6. The molecular weight excluding hydrogens is 425 g/mol. The van der Waals surface area contributed by atoms with E-state index in [4.69, 9.17) is 27.9 Å². The van der Waals surface area contributed by atoms with Gasteiger partial charge in [-0.3, -0.25) is 9.59 Å². The first-order valence-electron chi connectivity index (χ1n) is 9.63. The molecule has 0 aliphatic carbocycles. The molecule has 0 heterocycles. The smallest absolute Gasteiger partial charge is 0.262 e. The van der Waals surface area contributed by atoms with Crippen molar-refractivity contribution in [1.82, 2.24) is 10.7 Å². The van der Waals surface area contributed by atoms with E-state index >= 15 is 0 Å². The molecule has 0 saturated carbocycles. The van der Waals surface area contributed by atoms with Gasteiger partial charge in [0.15, 0.2) is 0 Å². The van der Waals surface area contributed by atoms with E-state index in [2.05, 4.69) is 15.8 Å². The van der Waals surface area contributed by atoms with Crippen LogP contribution in [-0.2, 0) is 4.79 Å². The first-order valence-corrected chi connectivity index (χ1v) is 10.4. The molecule has 0 aliphatic rings. The van der Waals surface area contributed by atoms with Crippen molar-refractivity contribution < 1.29 is 14.3 Å². The number of rotatable bonds is 9. The standard InChI is InChI=1S/C22H25Cl2N3O3/c1-4-10-30-17-7-5-6-15(11-17)13-25-27-22(29)20(14(2)3)26-21(28)16-8-9-18(23)19(24)12-16/h5-9,11-14,20H,4,10H2,1-3H3,(H,26,28)(H,27,29)/b25-13+. The number of hydrogen-bond acceptors (Lipinski definition) is 4. The summed E-state index contributed by atoms with van der Waals surface area (Å²) >= 11 is 11.8. The molecule has 0 aromatic heterocycles. The number of nitrogens with zero attached hydrogens (tertiary/aromatic N) is 1. The first kappa shape index (κ1) is 23.7. The maximum atomic E-state index is 12.6. The minimum absolute atomic E-state index is 0.155. The molecule has 0 radical (unpaired) electrons. The molecule has 0 saturated heterocycles. The van der Waals surface area contributed by atoms with E-state index in [1.807, 2.05) is 45.0 Å². The predicted molar refractivity (Wildman–Crippen MR) is 121 cm³/mol. The Balaban J connectivity index is 2.00. The van der Waals surface area contributed by atoms with Crippen LogP contribution in [0.5, 0.6) is 5.75 Å². The normalized spacial score (nSPS) is 12.1. The van der Waals surface area contributed by atoms with Crippen LogP contribution in [0.2, 0.25) is 10.0 Å². The summed E-state index contributed by atoms with van der Waals surface area (Å²) < 4.78 is 5.58. The van der Waals surface area contributed by atoms with Crippen molar-refractivity contribution in [2.75, 3.05) is 6.61 Å². The average molecular weight is 450 g/mol. The van der Waals surface area contributed by atoms with Crippen molar-refractivity contribution in [1.29, 1.82) is 0 Å². The van der Waals surface area contributed by atoms with Gasteiger partial charge in [0.05, 0.1) is 22.9 Å². The Morgan fingerprint density at radius 1 is 1.13 bits per heavy atom. The number of amides is 2. The second-order valence-corrected chi connectivity index (χ2v) is 7.79. The predicted octanol–water partition coefficient (Wildman–Crippen LogP) is 4.69. The van der Waals surface area contributed by atoms with Gasteiger partial charge < -0.3 is 10.1 Å². The Labute approximate surface area is 186 Å². The van der Waals surface area contributed by atoms with E-state index in [1.165, 1.54) is 18.3 Å². The van der Waals surface area contributed by atoms with Gasteiger partial charge in [0.25, 0.3) is 11.8 Å². The molecule has 1 atom stereocenters. The van der Waals surface area contributed by atoms with Gasteiger partial charge in [-0.25, -0.2) is 5.43 Å². The highest BCUT2D eigenvalue weighted by molar-refractivity contribution is 6.42. The number of carbonyl (C=O) groups is 2. The van der Waals surface area contributed by atoms with E-state index in [9.17, 15) is 9.59 Å². The van der Waals surface area contributed by atoms with Gasteiger partial charge in [-0.2, -0.15) is 5.10 Å². The Kier molecular flexibility index (Phi) is 9.15. The van der Waals surface area contributed by atoms with Gasteiger partial charge in [0, 0.05) is 5.56 Å². The Morgan fingerprint density at radius 2 is 1.90 bits per heavy atom. The summed E-state index contributed by atoms with van der Waals surface area (Å²) in [6, 6.07) is 11.2. The van der Waals surface area contributed by atoms with Crippen molar-refractivity contribution in [3.63, 3.8) is 0 Å². The molecule has 0 fully saturated rings. The van der Waals surface area contributed by atoms with Crippen molar-refractivity contribution in [3.05, 3.63) is 63.6 Å². The van der Waals surface area contributed by atoms with Gasteiger partial charge in [0.2, 0.25) is 0 Å². The van der Waals surface area contributed by atoms with Crippen LogP contribution in [-0.4, -0.2) is 30.7 Å². The molecule has 2 aromatic carbocycles. The molecule has 0 spiro atoms. The fourth-order valence-corrected chi connectivity index (χ4v) is 2.84. The van der Waals surface area contributed by atoms with Crippen LogP contribution < -0.4 is 15.5 Å². The zero-order chi connectivity index (χ0) is 22.1. The largest absolute Gasteiger partial charge is 0.494 e. The highest BCUT2D eigenvalue weighted by Gasteiger charge is 2.24. The maximum absolute atomic E-state index is 12.6. The number of halogens is 2. The highest BCUT2D eigenvalue weighted by atomic mass is 35.5. The second-order valence-electron chi connectivity index (χ2n) is 6.98. The van der Waals surface area contributed by atoms with E-state index < -0.39 is 17.9 Å². The Bertz CT molecular complexity index is 916. The molecule has 0 aliphatic heterocycles. The SMILES string of the molecule is CCCOc1cccc(/C=N/NC(=O)C(NC(=O)c2ccc(Cl)c(Cl)c2)C(C)C)c1. The van der Waals surface area contributed by atoms with Crippen molar-refractivity contribution in [2.45, 2.75) is 33.2 Å². The number of nitrogens with one attached hydrogen (secondary N) is 2. The van der Waals surface area contributed by atoms with Crippen LogP contribution in [0.15, 0.2) is 47.6 Å². The maximum Gasteiger partial charge on any atom is 0.262 e. The van der Waals surface area contributed by atoms with Gasteiger partial charge in [0.1, 0.15) is 11.8 Å².